The largest absolute Gasteiger partial charge is 0.506 e. The van der Waals surface area contributed by atoms with Gasteiger partial charge in [0.1, 0.15) is 11.4 Å². The van der Waals surface area contributed by atoms with Gasteiger partial charge in [0.25, 0.3) is 0 Å². The average Bonchev–Trinajstić information content (AvgIpc) is 2.33. The smallest absolute Gasteiger partial charge is 0.412 e. The molecule has 8 heteroatoms. The predicted octanol–water partition coefficient (Wildman–Crippen LogP) is 5.53. The normalized spacial score (nSPS) is 9.91. The summed E-state index contributed by atoms with van der Waals surface area (Å²) in [6.45, 7) is 9.26. The third-order valence-corrected chi connectivity index (χ3v) is 1.83. The number of phenols is 1. The van der Waals surface area contributed by atoms with E-state index in [9.17, 15) is 9.90 Å². The van der Waals surface area contributed by atoms with E-state index in [0.29, 0.717) is 5.02 Å². The Morgan fingerprint density at radius 3 is 2.27 bits per heavy atom. The molecule has 0 aliphatic heterocycles. The molecular formula is C14H24ClIN2O3S. The van der Waals surface area contributed by atoms with Gasteiger partial charge in [-0.2, -0.15) is 2.52 Å². The summed E-state index contributed by atoms with van der Waals surface area (Å²) in [4.78, 5) is 11.4. The van der Waals surface area contributed by atoms with Crippen molar-refractivity contribution in [1.29, 1.82) is 0 Å². The van der Waals surface area contributed by atoms with E-state index < -0.39 is 11.7 Å². The summed E-state index contributed by atoms with van der Waals surface area (Å²) in [6, 6.07) is 4.37. The van der Waals surface area contributed by atoms with Crippen molar-refractivity contribution < 1.29 is 14.6 Å². The third-order valence-electron chi connectivity index (χ3n) is 1.59. The molecule has 0 aliphatic rings. The van der Waals surface area contributed by atoms with E-state index in [4.69, 9.17) is 16.3 Å². The van der Waals surface area contributed by atoms with E-state index in [1.807, 2.05) is 43.8 Å². The number of hydrogen-bond donors (Lipinski definition) is 3. The zero-order valence-corrected chi connectivity index (χ0v) is 17.5. The number of phenolic OH excluding ortho intramolecular Hbond substituents is 1. The Morgan fingerprint density at radius 2 is 1.86 bits per heavy atom. The van der Waals surface area contributed by atoms with Crippen molar-refractivity contribution >= 4 is 59.1 Å². The number of nitrogens with zero attached hydrogens (tertiary/aromatic N) is 1. The molecule has 0 aromatic heterocycles. The van der Waals surface area contributed by atoms with Crippen LogP contribution in [0.5, 0.6) is 5.75 Å². The summed E-state index contributed by atoms with van der Waals surface area (Å²) in [6.07, 6.45) is -0.634. The molecule has 1 amide bonds. The number of thiol groups is 1. The summed E-state index contributed by atoms with van der Waals surface area (Å²) < 4.78 is 6.70. The first-order chi connectivity index (χ1) is 10.0. The number of carbonyl (C=O) groups is 1. The number of carbonyl (C=O) groups excluding carboxylic acids is 1. The van der Waals surface area contributed by atoms with Crippen LogP contribution in [0, 0.1) is 0 Å². The van der Waals surface area contributed by atoms with Gasteiger partial charge in [0.15, 0.2) is 0 Å². The Kier molecular flexibility index (Phi) is 13.1. The first-order valence-corrected chi connectivity index (χ1v) is 8.32. The number of nitrogens with one attached hydrogen (secondary N) is 1. The minimum Gasteiger partial charge on any atom is -0.506 e. The number of halogens is 2. The number of anilines is 1. The van der Waals surface area contributed by atoms with Crippen molar-refractivity contribution in [2.75, 3.05) is 12.4 Å². The van der Waals surface area contributed by atoms with Crippen LogP contribution in [0.25, 0.3) is 0 Å². The Hall–Kier alpha value is -0.380. The van der Waals surface area contributed by atoms with Crippen molar-refractivity contribution in [2.24, 2.45) is 0 Å². The van der Waals surface area contributed by atoms with Crippen LogP contribution in [0.15, 0.2) is 18.2 Å². The lowest BCUT2D eigenvalue weighted by atomic mass is 10.2. The Bertz CT molecular complexity index is 451. The molecule has 5 nitrogen and oxygen atoms in total. The lowest BCUT2D eigenvalue weighted by Crippen LogP contribution is -2.27. The molecule has 1 aromatic carbocycles. The zero-order chi connectivity index (χ0) is 17.9. The van der Waals surface area contributed by atoms with E-state index in [1.54, 1.807) is 23.3 Å². The standard InChI is InChI=1S/C11H14ClNO3.C2H6.CH4INS/c1-11(2,3)16-10(15)13-8-6-7(12)4-5-9(8)14;1-2;1-3(2)4/h4-6,14H,1-3H3,(H,13,15);1-2H3;4H,1H3. The fourth-order valence-electron chi connectivity index (χ4n) is 1.02. The lowest BCUT2D eigenvalue weighted by Gasteiger charge is -2.19. The summed E-state index contributed by atoms with van der Waals surface area (Å²) in [7, 11) is 1.85. The van der Waals surface area contributed by atoms with E-state index in [1.165, 1.54) is 18.2 Å². The van der Waals surface area contributed by atoms with Crippen molar-refractivity contribution in [3.8, 4) is 5.75 Å². The summed E-state index contributed by atoms with van der Waals surface area (Å²) in [5, 5.41) is 12.3. The SMILES string of the molecule is CC.CC(C)(C)OC(=O)Nc1cc(Cl)ccc1O.CN(S)I. The van der Waals surface area contributed by atoms with Gasteiger partial charge in [0.2, 0.25) is 0 Å². The highest BCUT2D eigenvalue weighted by Gasteiger charge is 2.17. The van der Waals surface area contributed by atoms with Crippen LogP contribution in [0.1, 0.15) is 34.6 Å². The van der Waals surface area contributed by atoms with Crippen LogP contribution < -0.4 is 5.32 Å². The predicted molar refractivity (Wildman–Crippen MR) is 105 cm³/mol. The van der Waals surface area contributed by atoms with E-state index in [-0.39, 0.29) is 11.4 Å². The molecule has 0 saturated heterocycles. The van der Waals surface area contributed by atoms with Crippen LogP contribution in [-0.2, 0) is 4.74 Å². The van der Waals surface area contributed by atoms with Gasteiger partial charge >= 0.3 is 6.09 Å². The van der Waals surface area contributed by atoms with Crippen LogP contribution in [0.2, 0.25) is 5.02 Å². The maximum atomic E-state index is 11.4. The van der Waals surface area contributed by atoms with E-state index in [0.717, 1.165) is 0 Å². The van der Waals surface area contributed by atoms with Gasteiger partial charge in [-0.15, -0.1) is 0 Å². The topological polar surface area (TPSA) is 61.8 Å². The lowest BCUT2D eigenvalue weighted by molar-refractivity contribution is 0.0635. The maximum absolute atomic E-state index is 11.4. The quantitative estimate of drug-likeness (QED) is 0.222. The number of hydrogen-bond acceptors (Lipinski definition) is 5. The minimum absolute atomic E-state index is 0.0599. The molecule has 0 aliphatic carbocycles. The molecule has 0 saturated carbocycles. The van der Waals surface area contributed by atoms with Gasteiger partial charge in [-0.1, -0.05) is 38.3 Å². The van der Waals surface area contributed by atoms with Crippen LogP contribution in [0.4, 0.5) is 10.5 Å². The highest BCUT2D eigenvalue weighted by atomic mass is 127. The van der Waals surface area contributed by atoms with Crippen molar-refractivity contribution in [1.82, 2.24) is 2.52 Å². The highest BCUT2D eigenvalue weighted by molar-refractivity contribution is 14.1. The van der Waals surface area contributed by atoms with Gasteiger partial charge in [0.05, 0.1) is 5.69 Å². The third kappa shape index (κ3) is 14.6. The van der Waals surface area contributed by atoms with E-state index in [2.05, 4.69) is 18.1 Å². The Morgan fingerprint density at radius 1 is 1.41 bits per heavy atom. The van der Waals surface area contributed by atoms with Gasteiger partial charge in [-0.3, -0.25) is 5.32 Å². The Balaban J connectivity index is 0. The molecule has 2 N–H and O–H groups in total. The monoisotopic (exact) mass is 462 g/mol. The molecule has 0 fully saturated rings. The van der Waals surface area contributed by atoms with Crippen molar-refractivity contribution in [3.63, 3.8) is 0 Å². The number of benzene rings is 1. The molecule has 0 unspecified atom stereocenters. The molecule has 0 heterocycles. The zero-order valence-electron chi connectivity index (χ0n) is 13.6. The molecule has 1 rings (SSSR count). The molecule has 0 bridgehead atoms. The number of rotatable bonds is 1. The summed E-state index contributed by atoms with van der Waals surface area (Å²) in [5.41, 5.74) is -0.361. The van der Waals surface area contributed by atoms with Crippen LogP contribution in [-0.4, -0.2) is 26.4 Å². The number of aromatic hydroxyl groups is 1. The molecular weight excluding hydrogens is 439 g/mol. The molecule has 128 valence electrons. The first-order valence-electron chi connectivity index (χ1n) is 6.58. The highest BCUT2D eigenvalue weighted by Crippen LogP contribution is 2.26. The second kappa shape index (κ2) is 12.1. The van der Waals surface area contributed by atoms with Gasteiger partial charge in [0, 0.05) is 34.9 Å². The number of amides is 1. The van der Waals surface area contributed by atoms with Crippen molar-refractivity contribution in [3.05, 3.63) is 23.2 Å². The molecule has 0 radical (unpaired) electrons. The second-order valence-corrected chi connectivity index (χ2v) is 7.98. The fourth-order valence-corrected chi connectivity index (χ4v) is 1.19. The molecule has 0 atom stereocenters. The van der Waals surface area contributed by atoms with Crippen LogP contribution in [0.3, 0.4) is 0 Å². The second-order valence-electron chi connectivity index (χ2n) is 4.73. The average molecular weight is 463 g/mol. The van der Waals surface area contributed by atoms with Gasteiger partial charge in [-0.05, 0) is 39.0 Å². The van der Waals surface area contributed by atoms with E-state index >= 15 is 0 Å². The summed E-state index contributed by atoms with van der Waals surface area (Å²) in [5.74, 6) is -0.0599. The fraction of sp³-hybridized carbons (Fsp3) is 0.500. The van der Waals surface area contributed by atoms with Gasteiger partial charge < -0.3 is 9.84 Å². The minimum atomic E-state index is -0.634. The Labute approximate surface area is 157 Å². The van der Waals surface area contributed by atoms with Crippen molar-refractivity contribution in [2.45, 2.75) is 40.2 Å². The van der Waals surface area contributed by atoms with Crippen LogP contribution >= 0.6 is 47.3 Å². The first kappa shape index (κ1) is 23.9. The molecule has 0 spiro atoms. The maximum Gasteiger partial charge on any atom is 0.412 e. The number of ether oxygens (including phenoxy) is 1. The summed E-state index contributed by atoms with van der Waals surface area (Å²) >= 11 is 11.6. The molecule has 22 heavy (non-hydrogen) atoms. The van der Waals surface area contributed by atoms with Gasteiger partial charge in [-0.25, -0.2) is 4.79 Å². The molecule has 1 aromatic rings.